The maximum atomic E-state index is 13.4. The molecule has 1 aliphatic rings. The number of halogens is 1. The van der Waals surface area contributed by atoms with Crippen LogP contribution >= 0.6 is 0 Å². The highest BCUT2D eigenvalue weighted by atomic mass is 19.1. The number of nitrogens with one attached hydrogen (secondary N) is 4. The number of carbonyl (C=O) groups is 2. The van der Waals surface area contributed by atoms with E-state index in [-0.39, 0.29) is 35.7 Å². The van der Waals surface area contributed by atoms with Crippen LogP contribution in [0, 0.1) is 5.82 Å². The molecule has 3 heterocycles. The maximum Gasteiger partial charge on any atom is 0.252 e. The molecule has 2 aromatic heterocycles. The molecular weight excluding hydrogens is 403 g/mol. The highest BCUT2D eigenvalue weighted by Gasteiger charge is 2.28. The topological polar surface area (TPSA) is 123 Å². The Kier molecular flexibility index (Phi) is 5.70. The molecule has 0 bridgehead atoms. The van der Waals surface area contributed by atoms with Crippen LogP contribution in [0.1, 0.15) is 18.9 Å². The first-order valence-corrected chi connectivity index (χ1v) is 10.0. The van der Waals surface area contributed by atoms with Gasteiger partial charge in [0.15, 0.2) is 0 Å². The number of aromatic amines is 2. The summed E-state index contributed by atoms with van der Waals surface area (Å²) in [6.45, 7) is 2.53. The van der Waals surface area contributed by atoms with Gasteiger partial charge in [-0.05, 0) is 30.2 Å². The molecule has 3 aromatic rings. The number of anilines is 1. The number of amides is 2. The molecule has 1 aliphatic heterocycles. The quantitative estimate of drug-likeness (QED) is 0.465. The molecule has 162 valence electrons. The van der Waals surface area contributed by atoms with Gasteiger partial charge in [0.25, 0.3) is 5.56 Å². The van der Waals surface area contributed by atoms with Gasteiger partial charge in [-0.3, -0.25) is 14.4 Å². The zero-order valence-corrected chi connectivity index (χ0v) is 16.9. The molecule has 9 nitrogen and oxygen atoms in total. The summed E-state index contributed by atoms with van der Waals surface area (Å²) in [5, 5.41) is 6.50. The standard InChI is InChI=1S/C21H23FN6O3/c1-12(29)26-18(6-13-9-23-17-7-14(22)2-3-16(13)17)21(31)27-15-4-5-28(10-15)19-8-20(30)25-11-24-19/h2-3,7-9,11,15,18,23H,4-6,10H2,1H3,(H,26,29)(H,27,31)(H,24,25,30). The molecule has 2 amide bonds. The fourth-order valence-corrected chi connectivity index (χ4v) is 3.92. The molecule has 4 N–H and O–H groups in total. The molecule has 2 unspecified atom stereocenters. The Hall–Kier alpha value is -3.69. The van der Waals surface area contributed by atoms with E-state index in [9.17, 15) is 18.8 Å². The normalized spacial score (nSPS) is 17.0. The van der Waals surface area contributed by atoms with Gasteiger partial charge in [0, 0.05) is 55.6 Å². The van der Waals surface area contributed by atoms with Crippen LogP contribution < -0.4 is 21.1 Å². The summed E-state index contributed by atoms with van der Waals surface area (Å²) in [6.07, 6.45) is 4.04. The van der Waals surface area contributed by atoms with E-state index in [0.29, 0.717) is 30.8 Å². The van der Waals surface area contributed by atoms with Crippen LogP contribution in [0.2, 0.25) is 0 Å². The lowest BCUT2D eigenvalue weighted by molar-refractivity contribution is -0.128. The number of rotatable bonds is 6. The minimum Gasteiger partial charge on any atom is -0.361 e. The maximum absolute atomic E-state index is 13.4. The van der Waals surface area contributed by atoms with Gasteiger partial charge in [-0.2, -0.15) is 0 Å². The monoisotopic (exact) mass is 426 g/mol. The number of hydrogen-bond acceptors (Lipinski definition) is 5. The highest BCUT2D eigenvalue weighted by molar-refractivity contribution is 5.89. The zero-order valence-electron chi connectivity index (χ0n) is 16.9. The van der Waals surface area contributed by atoms with E-state index >= 15 is 0 Å². The van der Waals surface area contributed by atoms with Crippen LogP contribution in [-0.2, 0) is 16.0 Å². The lowest BCUT2D eigenvalue weighted by Gasteiger charge is -2.21. The van der Waals surface area contributed by atoms with E-state index in [0.717, 1.165) is 10.9 Å². The number of aromatic nitrogens is 3. The average Bonchev–Trinajstić information content (AvgIpc) is 3.34. The van der Waals surface area contributed by atoms with E-state index in [1.165, 1.54) is 31.5 Å². The van der Waals surface area contributed by atoms with Crippen LogP contribution in [0.5, 0.6) is 0 Å². The Morgan fingerprint density at radius 2 is 2.16 bits per heavy atom. The van der Waals surface area contributed by atoms with Gasteiger partial charge in [0.1, 0.15) is 17.7 Å². The molecule has 1 aromatic carbocycles. The summed E-state index contributed by atoms with van der Waals surface area (Å²) in [7, 11) is 0. The largest absolute Gasteiger partial charge is 0.361 e. The Morgan fingerprint density at radius 1 is 1.32 bits per heavy atom. The predicted octanol–water partition coefficient (Wildman–Crippen LogP) is 0.833. The molecule has 31 heavy (non-hydrogen) atoms. The first-order valence-electron chi connectivity index (χ1n) is 10.0. The molecular formula is C21H23FN6O3. The highest BCUT2D eigenvalue weighted by Crippen LogP contribution is 2.21. The van der Waals surface area contributed by atoms with Crippen molar-refractivity contribution in [2.24, 2.45) is 0 Å². The Labute approximate surface area is 177 Å². The number of carbonyl (C=O) groups excluding carboxylic acids is 2. The Bertz CT molecular complexity index is 1170. The summed E-state index contributed by atoms with van der Waals surface area (Å²) >= 11 is 0. The summed E-state index contributed by atoms with van der Waals surface area (Å²) in [6, 6.07) is 4.92. The van der Waals surface area contributed by atoms with Crippen molar-refractivity contribution < 1.29 is 14.0 Å². The minimum absolute atomic E-state index is 0.137. The fraction of sp³-hybridized carbons (Fsp3) is 0.333. The number of H-pyrrole nitrogens is 2. The van der Waals surface area contributed by atoms with Gasteiger partial charge < -0.3 is 25.5 Å². The van der Waals surface area contributed by atoms with Gasteiger partial charge >= 0.3 is 0 Å². The second kappa shape index (κ2) is 8.58. The lowest BCUT2D eigenvalue weighted by Crippen LogP contribution is -2.50. The van der Waals surface area contributed by atoms with Crippen molar-refractivity contribution in [1.29, 1.82) is 0 Å². The minimum atomic E-state index is -0.770. The van der Waals surface area contributed by atoms with Gasteiger partial charge in [0.2, 0.25) is 11.8 Å². The molecule has 0 radical (unpaired) electrons. The first-order chi connectivity index (χ1) is 14.9. The van der Waals surface area contributed by atoms with E-state index < -0.39 is 6.04 Å². The third-order valence-corrected chi connectivity index (χ3v) is 5.37. The summed E-state index contributed by atoms with van der Waals surface area (Å²) < 4.78 is 13.4. The van der Waals surface area contributed by atoms with Crippen LogP contribution in [0.25, 0.3) is 10.9 Å². The molecule has 0 saturated carbocycles. The Balaban J connectivity index is 1.44. The second-order valence-electron chi connectivity index (χ2n) is 7.67. The van der Waals surface area contributed by atoms with E-state index in [4.69, 9.17) is 0 Å². The smallest absolute Gasteiger partial charge is 0.252 e. The number of hydrogen-bond donors (Lipinski definition) is 4. The molecule has 0 aliphatic carbocycles. The molecule has 0 spiro atoms. The molecule has 1 saturated heterocycles. The van der Waals surface area contributed by atoms with E-state index in [1.807, 2.05) is 4.90 Å². The third-order valence-electron chi connectivity index (χ3n) is 5.37. The molecule has 2 atom stereocenters. The third kappa shape index (κ3) is 4.73. The van der Waals surface area contributed by atoms with Crippen molar-refractivity contribution in [3.8, 4) is 0 Å². The molecule has 4 rings (SSSR count). The van der Waals surface area contributed by atoms with Crippen LogP contribution in [0.15, 0.2) is 41.6 Å². The number of benzene rings is 1. The fourth-order valence-electron chi connectivity index (χ4n) is 3.92. The molecule has 1 fully saturated rings. The lowest BCUT2D eigenvalue weighted by atomic mass is 10.0. The van der Waals surface area contributed by atoms with Gasteiger partial charge in [-0.25, -0.2) is 9.37 Å². The van der Waals surface area contributed by atoms with Crippen molar-refractivity contribution in [1.82, 2.24) is 25.6 Å². The van der Waals surface area contributed by atoms with Crippen molar-refractivity contribution in [2.75, 3.05) is 18.0 Å². The number of nitrogens with zero attached hydrogens (tertiary/aromatic N) is 2. The van der Waals surface area contributed by atoms with Crippen LogP contribution in [-0.4, -0.2) is 51.9 Å². The van der Waals surface area contributed by atoms with E-state index in [2.05, 4.69) is 25.6 Å². The first kappa shape index (κ1) is 20.6. The SMILES string of the molecule is CC(=O)NC(Cc1c[nH]c2cc(F)ccc12)C(=O)NC1CCN(c2cc(=O)[nH]cn2)C1. The zero-order chi connectivity index (χ0) is 22.0. The van der Waals surface area contributed by atoms with Crippen molar-refractivity contribution in [2.45, 2.75) is 31.8 Å². The molecule has 10 heteroatoms. The van der Waals surface area contributed by atoms with Crippen molar-refractivity contribution >= 4 is 28.5 Å². The van der Waals surface area contributed by atoms with Crippen LogP contribution in [0.4, 0.5) is 10.2 Å². The summed E-state index contributed by atoms with van der Waals surface area (Å²) in [4.78, 5) is 47.8. The second-order valence-corrected chi connectivity index (χ2v) is 7.67. The summed E-state index contributed by atoms with van der Waals surface area (Å²) in [5.41, 5.74) is 1.21. The van der Waals surface area contributed by atoms with Gasteiger partial charge in [-0.15, -0.1) is 0 Å². The summed E-state index contributed by atoms with van der Waals surface area (Å²) in [5.74, 6) is -0.396. The average molecular weight is 426 g/mol. The van der Waals surface area contributed by atoms with Crippen molar-refractivity contribution in [3.05, 3.63) is 58.5 Å². The van der Waals surface area contributed by atoms with Crippen LogP contribution in [0.3, 0.4) is 0 Å². The predicted molar refractivity (Wildman–Crippen MR) is 113 cm³/mol. The van der Waals surface area contributed by atoms with Gasteiger partial charge in [-0.1, -0.05) is 0 Å². The van der Waals surface area contributed by atoms with Crippen molar-refractivity contribution in [3.63, 3.8) is 0 Å². The van der Waals surface area contributed by atoms with E-state index in [1.54, 1.807) is 12.3 Å². The van der Waals surface area contributed by atoms with Gasteiger partial charge in [0.05, 0.1) is 6.33 Å². The Morgan fingerprint density at radius 3 is 2.94 bits per heavy atom. The number of fused-ring (bicyclic) bond motifs is 1.